The second-order valence-electron chi connectivity index (χ2n) is 5.85. The molecule has 0 saturated carbocycles. The van der Waals surface area contributed by atoms with E-state index in [4.69, 9.17) is 0 Å². The Labute approximate surface area is 105 Å². The van der Waals surface area contributed by atoms with Crippen molar-refractivity contribution in [1.82, 2.24) is 10.2 Å². The van der Waals surface area contributed by atoms with Crippen molar-refractivity contribution in [3.05, 3.63) is 0 Å². The lowest BCUT2D eigenvalue weighted by atomic mass is 10.0. The molecule has 3 heteroatoms. The van der Waals surface area contributed by atoms with Crippen LogP contribution in [0.2, 0.25) is 0 Å². The van der Waals surface area contributed by atoms with Crippen molar-refractivity contribution >= 4 is 11.8 Å². The lowest BCUT2D eigenvalue weighted by Crippen LogP contribution is -2.29. The SMILES string of the molecule is CC1(C)CCN(CCC2CCNC2)CCS1. The fourth-order valence-electron chi connectivity index (χ4n) is 2.61. The fourth-order valence-corrected chi connectivity index (χ4v) is 3.75. The van der Waals surface area contributed by atoms with E-state index in [1.165, 1.54) is 57.7 Å². The molecule has 0 aromatic rings. The molecule has 2 fully saturated rings. The topological polar surface area (TPSA) is 15.3 Å². The average molecular weight is 242 g/mol. The van der Waals surface area contributed by atoms with Gasteiger partial charge in [-0.3, -0.25) is 0 Å². The van der Waals surface area contributed by atoms with E-state index in [0.717, 1.165) is 5.92 Å². The number of nitrogens with one attached hydrogen (secondary N) is 1. The van der Waals surface area contributed by atoms with Gasteiger partial charge in [0.15, 0.2) is 0 Å². The van der Waals surface area contributed by atoms with Crippen LogP contribution in [-0.4, -0.2) is 48.1 Å². The molecule has 1 N–H and O–H groups in total. The van der Waals surface area contributed by atoms with Crippen LogP contribution in [0, 0.1) is 5.92 Å². The lowest BCUT2D eigenvalue weighted by Gasteiger charge is -2.23. The Bertz CT molecular complexity index is 212. The van der Waals surface area contributed by atoms with Gasteiger partial charge in [-0.2, -0.15) is 11.8 Å². The number of nitrogens with zero attached hydrogens (tertiary/aromatic N) is 1. The van der Waals surface area contributed by atoms with Crippen LogP contribution in [0.1, 0.15) is 33.1 Å². The van der Waals surface area contributed by atoms with Gasteiger partial charge in [-0.1, -0.05) is 13.8 Å². The Kier molecular flexibility index (Phi) is 4.57. The summed E-state index contributed by atoms with van der Waals surface area (Å²) in [6, 6.07) is 0. The molecule has 0 spiro atoms. The zero-order valence-corrected chi connectivity index (χ0v) is 11.6. The summed E-state index contributed by atoms with van der Waals surface area (Å²) < 4.78 is 0.504. The first-order chi connectivity index (χ1) is 7.66. The largest absolute Gasteiger partial charge is 0.316 e. The minimum absolute atomic E-state index is 0.504. The first-order valence-corrected chi connectivity index (χ1v) is 7.71. The van der Waals surface area contributed by atoms with Crippen LogP contribution < -0.4 is 5.32 Å². The molecule has 94 valence electrons. The summed E-state index contributed by atoms with van der Waals surface area (Å²) in [6.07, 6.45) is 4.15. The van der Waals surface area contributed by atoms with Gasteiger partial charge in [0, 0.05) is 17.0 Å². The molecule has 0 bridgehead atoms. The third-order valence-corrected chi connectivity index (χ3v) is 5.32. The molecule has 0 aliphatic carbocycles. The molecule has 2 aliphatic heterocycles. The van der Waals surface area contributed by atoms with Gasteiger partial charge >= 0.3 is 0 Å². The molecule has 1 atom stereocenters. The number of hydrogen-bond donors (Lipinski definition) is 1. The van der Waals surface area contributed by atoms with Gasteiger partial charge in [-0.05, 0) is 51.4 Å². The Hall–Kier alpha value is 0.270. The van der Waals surface area contributed by atoms with Gasteiger partial charge in [0.05, 0.1) is 0 Å². The third kappa shape index (κ3) is 3.94. The first kappa shape index (κ1) is 12.7. The summed E-state index contributed by atoms with van der Waals surface area (Å²) in [5, 5.41) is 3.46. The Balaban J connectivity index is 1.69. The highest BCUT2D eigenvalue weighted by molar-refractivity contribution is 8.00. The Morgan fingerprint density at radius 1 is 1.38 bits per heavy atom. The lowest BCUT2D eigenvalue weighted by molar-refractivity contribution is 0.263. The maximum atomic E-state index is 3.46. The monoisotopic (exact) mass is 242 g/mol. The molecule has 0 amide bonds. The molecule has 0 aromatic carbocycles. The summed E-state index contributed by atoms with van der Waals surface area (Å²) in [4.78, 5) is 2.68. The predicted molar refractivity (Wildman–Crippen MR) is 73.2 cm³/mol. The maximum absolute atomic E-state index is 3.46. The summed E-state index contributed by atoms with van der Waals surface area (Å²) >= 11 is 2.15. The summed E-state index contributed by atoms with van der Waals surface area (Å²) in [6.45, 7) is 11.2. The van der Waals surface area contributed by atoms with Gasteiger partial charge in [0.1, 0.15) is 0 Å². The summed E-state index contributed by atoms with van der Waals surface area (Å²) in [7, 11) is 0. The predicted octanol–water partition coefficient (Wildman–Crippen LogP) is 2.20. The van der Waals surface area contributed by atoms with Gasteiger partial charge in [-0.15, -0.1) is 0 Å². The zero-order chi connectivity index (χ0) is 11.4. The van der Waals surface area contributed by atoms with E-state index in [-0.39, 0.29) is 0 Å². The molecule has 1 unspecified atom stereocenters. The molecule has 0 aromatic heterocycles. The smallest absolute Gasteiger partial charge is 0.0116 e. The van der Waals surface area contributed by atoms with Crippen molar-refractivity contribution in [2.75, 3.05) is 38.5 Å². The highest BCUT2D eigenvalue weighted by Crippen LogP contribution is 2.30. The molecule has 2 nitrogen and oxygen atoms in total. The van der Waals surface area contributed by atoms with E-state index in [0.29, 0.717) is 4.75 Å². The minimum atomic E-state index is 0.504. The molecular formula is C13H26N2S. The molecule has 2 rings (SSSR count). The van der Waals surface area contributed by atoms with E-state index >= 15 is 0 Å². The highest BCUT2D eigenvalue weighted by atomic mass is 32.2. The van der Waals surface area contributed by atoms with Gasteiger partial charge in [-0.25, -0.2) is 0 Å². The van der Waals surface area contributed by atoms with Crippen LogP contribution in [0.3, 0.4) is 0 Å². The molecule has 16 heavy (non-hydrogen) atoms. The zero-order valence-electron chi connectivity index (χ0n) is 10.8. The van der Waals surface area contributed by atoms with Crippen molar-refractivity contribution < 1.29 is 0 Å². The van der Waals surface area contributed by atoms with E-state index < -0.39 is 0 Å². The second kappa shape index (κ2) is 5.74. The standard InChI is InChI=1S/C13H26N2S/c1-13(2)5-8-15(9-10-16-13)7-4-12-3-6-14-11-12/h12,14H,3-11H2,1-2H3. The number of thioether (sulfide) groups is 1. The van der Waals surface area contributed by atoms with Crippen molar-refractivity contribution in [3.63, 3.8) is 0 Å². The summed E-state index contributed by atoms with van der Waals surface area (Å²) in [5.41, 5.74) is 0. The van der Waals surface area contributed by atoms with Crippen molar-refractivity contribution in [2.24, 2.45) is 5.92 Å². The van der Waals surface area contributed by atoms with Crippen molar-refractivity contribution in [3.8, 4) is 0 Å². The Morgan fingerprint density at radius 3 is 3.00 bits per heavy atom. The molecule has 0 radical (unpaired) electrons. The molecular weight excluding hydrogens is 216 g/mol. The second-order valence-corrected chi connectivity index (χ2v) is 7.65. The highest BCUT2D eigenvalue weighted by Gasteiger charge is 2.24. The molecule has 2 heterocycles. The van der Waals surface area contributed by atoms with Crippen molar-refractivity contribution in [1.29, 1.82) is 0 Å². The fraction of sp³-hybridized carbons (Fsp3) is 1.00. The van der Waals surface area contributed by atoms with E-state index in [1.54, 1.807) is 0 Å². The minimum Gasteiger partial charge on any atom is -0.316 e. The number of rotatable bonds is 3. The third-order valence-electron chi connectivity index (χ3n) is 3.95. The van der Waals surface area contributed by atoms with Crippen LogP contribution in [0.4, 0.5) is 0 Å². The van der Waals surface area contributed by atoms with E-state index in [1.807, 2.05) is 0 Å². The Morgan fingerprint density at radius 2 is 2.25 bits per heavy atom. The van der Waals surface area contributed by atoms with Crippen LogP contribution in [-0.2, 0) is 0 Å². The van der Waals surface area contributed by atoms with Gasteiger partial charge in [0.2, 0.25) is 0 Å². The molecule has 2 saturated heterocycles. The normalized spacial score (nSPS) is 31.5. The van der Waals surface area contributed by atoms with Crippen LogP contribution in [0.5, 0.6) is 0 Å². The number of hydrogen-bond acceptors (Lipinski definition) is 3. The average Bonchev–Trinajstić information content (AvgIpc) is 2.68. The van der Waals surface area contributed by atoms with E-state index in [2.05, 4.69) is 35.8 Å². The van der Waals surface area contributed by atoms with Crippen molar-refractivity contribution in [2.45, 2.75) is 37.9 Å². The maximum Gasteiger partial charge on any atom is 0.0116 e. The van der Waals surface area contributed by atoms with Gasteiger partial charge in [0.25, 0.3) is 0 Å². The quantitative estimate of drug-likeness (QED) is 0.817. The first-order valence-electron chi connectivity index (χ1n) is 6.73. The van der Waals surface area contributed by atoms with Crippen LogP contribution in [0.15, 0.2) is 0 Å². The van der Waals surface area contributed by atoms with E-state index in [9.17, 15) is 0 Å². The van der Waals surface area contributed by atoms with Crippen LogP contribution in [0.25, 0.3) is 0 Å². The van der Waals surface area contributed by atoms with Gasteiger partial charge < -0.3 is 10.2 Å². The summed E-state index contributed by atoms with van der Waals surface area (Å²) in [5.74, 6) is 2.26. The van der Waals surface area contributed by atoms with Crippen LogP contribution >= 0.6 is 11.8 Å². The molecule has 2 aliphatic rings.